The zero-order chi connectivity index (χ0) is 37.5. The van der Waals surface area contributed by atoms with E-state index in [2.05, 4.69) is 63.7 Å². The van der Waals surface area contributed by atoms with Crippen LogP contribution in [0.5, 0.6) is 5.75 Å². The molecule has 5 N–H and O–H groups in total. The maximum atomic E-state index is 13.2. The SMILES string of the molecule is CC(N)C(=O)Nc1cc(C(C)C)c(OS(=O)(=O)NC(=O)Cc2c(C(C)C)cc(C(C)C)cc2C(C)C)c(C(C)C)c1.O=C(O)C(F)(F)F. The van der Waals surface area contributed by atoms with Crippen LogP contribution in [0.4, 0.5) is 18.9 Å². The molecule has 0 saturated carbocycles. The zero-order valence-corrected chi connectivity index (χ0v) is 30.3. The van der Waals surface area contributed by atoms with Crippen molar-refractivity contribution in [3.8, 4) is 5.75 Å². The fourth-order valence-electron chi connectivity index (χ4n) is 4.73. The van der Waals surface area contributed by atoms with Crippen molar-refractivity contribution < 1.29 is 45.3 Å². The summed E-state index contributed by atoms with van der Waals surface area (Å²) in [4.78, 5) is 34.4. The summed E-state index contributed by atoms with van der Waals surface area (Å²) < 4.78 is 66.0. The quantitative estimate of drug-likeness (QED) is 0.180. The molecule has 0 aliphatic heterocycles. The summed E-state index contributed by atoms with van der Waals surface area (Å²) in [5.41, 5.74) is 11.5. The van der Waals surface area contributed by atoms with Crippen molar-refractivity contribution in [1.29, 1.82) is 0 Å². The molecule has 2 aromatic rings. The average molecular weight is 702 g/mol. The Hall–Kier alpha value is -3.65. The molecule has 0 bridgehead atoms. The molecule has 270 valence electrons. The van der Waals surface area contributed by atoms with Gasteiger partial charge >= 0.3 is 22.4 Å². The monoisotopic (exact) mass is 701 g/mol. The number of nitrogens with two attached hydrogens (primary N) is 1. The lowest BCUT2D eigenvalue weighted by atomic mass is 9.83. The number of anilines is 1. The first-order chi connectivity index (χ1) is 21.8. The standard InChI is InChI=1S/C32H49N3O5S.C2HF3O2/c1-17(2)23-12-25(18(3)4)29(26(13-23)19(5)6)16-30(36)35-41(38,39)40-31-27(20(7)8)14-24(15-28(31)21(9)10)34-32(37)22(11)33;3-2(4,5)1(6)7/h12-15,17-22H,16,33H2,1-11H3,(H,34,37)(H,35,36);(H,6,7). The molecule has 1 atom stereocenters. The summed E-state index contributed by atoms with van der Waals surface area (Å²) in [5.74, 6) is -3.26. The first kappa shape index (κ1) is 42.4. The number of carboxylic acids is 1. The van der Waals surface area contributed by atoms with Gasteiger partial charge in [-0.05, 0) is 70.9 Å². The fourth-order valence-corrected chi connectivity index (χ4v) is 5.54. The minimum Gasteiger partial charge on any atom is -0.475 e. The topological polar surface area (TPSA) is 165 Å². The van der Waals surface area contributed by atoms with Crippen LogP contribution in [0.1, 0.15) is 139 Å². The number of nitrogens with one attached hydrogen (secondary N) is 2. The predicted octanol–water partition coefficient (Wildman–Crippen LogP) is 7.21. The highest BCUT2D eigenvalue weighted by molar-refractivity contribution is 7.85. The first-order valence-electron chi connectivity index (χ1n) is 15.7. The molecule has 0 spiro atoms. The molecule has 0 heterocycles. The van der Waals surface area contributed by atoms with Crippen LogP contribution in [-0.2, 0) is 31.1 Å². The molecule has 1 unspecified atom stereocenters. The molecule has 0 saturated heterocycles. The predicted molar refractivity (Wildman–Crippen MR) is 181 cm³/mol. The number of hydrogen-bond donors (Lipinski definition) is 4. The Kier molecular flexibility index (Phi) is 15.1. The number of carbonyl (C=O) groups is 3. The summed E-state index contributed by atoms with van der Waals surface area (Å²) in [6.07, 6.45) is -5.17. The number of aliphatic carboxylic acids is 1. The van der Waals surface area contributed by atoms with Crippen LogP contribution in [0.2, 0.25) is 0 Å². The minimum atomic E-state index is -5.08. The van der Waals surface area contributed by atoms with Crippen molar-refractivity contribution in [2.75, 3.05) is 5.32 Å². The van der Waals surface area contributed by atoms with Crippen molar-refractivity contribution in [3.63, 3.8) is 0 Å². The van der Waals surface area contributed by atoms with Gasteiger partial charge in [-0.15, -0.1) is 0 Å². The molecule has 10 nitrogen and oxygen atoms in total. The van der Waals surface area contributed by atoms with Crippen LogP contribution < -0.4 is 20.0 Å². The third-order valence-corrected chi connectivity index (χ3v) is 8.20. The molecular weight excluding hydrogens is 651 g/mol. The van der Waals surface area contributed by atoms with E-state index in [4.69, 9.17) is 19.8 Å². The Morgan fingerprint density at radius 1 is 0.771 bits per heavy atom. The lowest BCUT2D eigenvalue weighted by Gasteiger charge is -2.23. The molecule has 0 radical (unpaired) electrons. The molecule has 14 heteroatoms. The van der Waals surface area contributed by atoms with E-state index in [9.17, 15) is 31.2 Å². The Morgan fingerprint density at radius 2 is 1.17 bits per heavy atom. The Bertz CT molecular complexity index is 1510. The van der Waals surface area contributed by atoms with Gasteiger partial charge in [-0.2, -0.15) is 21.6 Å². The van der Waals surface area contributed by atoms with Gasteiger partial charge in [-0.25, -0.2) is 9.52 Å². The van der Waals surface area contributed by atoms with E-state index >= 15 is 0 Å². The maximum absolute atomic E-state index is 13.2. The molecular formula is C34H50F3N3O7S. The number of alkyl halides is 3. The van der Waals surface area contributed by atoms with Crippen molar-refractivity contribution in [2.45, 2.75) is 124 Å². The number of carboxylic acid groups (broad SMARTS) is 1. The van der Waals surface area contributed by atoms with Gasteiger partial charge in [0.2, 0.25) is 11.8 Å². The summed E-state index contributed by atoms with van der Waals surface area (Å²) >= 11 is 0. The normalized spacial score (nSPS) is 12.7. The maximum Gasteiger partial charge on any atom is 0.490 e. The van der Waals surface area contributed by atoms with Crippen molar-refractivity contribution >= 4 is 33.8 Å². The van der Waals surface area contributed by atoms with Crippen LogP contribution in [0.15, 0.2) is 24.3 Å². The number of rotatable bonds is 12. The summed E-state index contributed by atoms with van der Waals surface area (Å²) in [7, 11) is -4.51. The summed E-state index contributed by atoms with van der Waals surface area (Å²) in [6, 6.07) is 6.92. The van der Waals surface area contributed by atoms with Gasteiger partial charge < -0.3 is 20.3 Å². The van der Waals surface area contributed by atoms with Gasteiger partial charge in [-0.1, -0.05) is 81.4 Å². The number of benzene rings is 2. The van der Waals surface area contributed by atoms with Crippen molar-refractivity contribution in [1.82, 2.24) is 4.72 Å². The smallest absolute Gasteiger partial charge is 0.475 e. The number of halogens is 3. The number of carbonyl (C=O) groups excluding carboxylic acids is 2. The van der Waals surface area contributed by atoms with E-state index in [1.54, 1.807) is 19.1 Å². The molecule has 2 aromatic carbocycles. The Morgan fingerprint density at radius 3 is 1.48 bits per heavy atom. The van der Waals surface area contributed by atoms with Gasteiger partial charge in [0.15, 0.2) is 5.75 Å². The van der Waals surface area contributed by atoms with Gasteiger partial charge in [0, 0.05) is 16.8 Å². The van der Waals surface area contributed by atoms with E-state index in [1.165, 1.54) is 5.56 Å². The van der Waals surface area contributed by atoms with Crippen LogP contribution in [0.25, 0.3) is 0 Å². The average Bonchev–Trinajstić information content (AvgIpc) is 2.92. The first-order valence-corrected chi connectivity index (χ1v) is 17.2. The summed E-state index contributed by atoms with van der Waals surface area (Å²) in [5, 5.41) is 9.91. The second-order valence-electron chi connectivity index (χ2n) is 13.3. The van der Waals surface area contributed by atoms with Gasteiger partial charge in [-0.3, -0.25) is 9.59 Å². The third-order valence-electron chi connectivity index (χ3n) is 7.34. The fraction of sp³-hybridized carbons (Fsp3) is 0.559. The third kappa shape index (κ3) is 12.4. The van der Waals surface area contributed by atoms with Gasteiger partial charge in [0.05, 0.1) is 12.5 Å². The second kappa shape index (κ2) is 17.1. The molecule has 2 rings (SSSR count). The van der Waals surface area contributed by atoms with Crippen molar-refractivity contribution in [3.05, 3.63) is 57.6 Å². The van der Waals surface area contributed by atoms with E-state index in [0.717, 1.165) is 16.7 Å². The lowest BCUT2D eigenvalue weighted by Crippen LogP contribution is -2.36. The number of hydrogen-bond acceptors (Lipinski definition) is 7. The van der Waals surface area contributed by atoms with Crippen LogP contribution in [0.3, 0.4) is 0 Å². The molecule has 2 amide bonds. The minimum absolute atomic E-state index is 0.0850. The molecule has 48 heavy (non-hydrogen) atoms. The van der Waals surface area contributed by atoms with Gasteiger partial charge in [0.1, 0.15) is 0 Å². The highest BCUT2D eigenvalue weighted by Gasteiger charge is 2.38. The highest BCUT2D eigenvalue weighted by Crippen LogP contribution is 2.38. The molecule has 0 aliphatic carbocycles. The lowest BCUT2D eigenvalue weighted by molar-refractivity contribution is -0.192. The highest BCUT2D eigenvalue weighted by atomic mass is 32.2. The van der Waals surface area contributed by atoms with E-state index in [-0.39, 0.29) is 41.7 Å². The van der Waals surface area contributed by atoms with Crippen LogP contribution >= 0.6 is 0 Å². The van der Waals surface area contributed by atoms with E-state index in [1.807, 2.05) is 27.7 Å². The zero-order valence-electron chi connectivity index (χ0n) is 29.5. The van der Waals surface area contributed by atoms with E-state index in [0.29, 0.717) is 22.7 Å². The molecule has 0 aliphatic rings. The van der Waals surface area contributed by atoms with Gasteiger partial charge in [0.25, 0.3) is 0 Å². The largest absolute Gasteiger partial charge is 0.490 e. The molecule has 0 aromatic heterocycles. The number of amides is 2. The summed E-state index contributed by atoms with van der Waals surface area (Å²) in [6.45, 7) is 21.8. The molecule has 0 fully saturated rings. The Balaban J connectivity index is 0.00000148. The van der Waals surface area contributed by atoms with Crippen LogP contribution in [-0.4, -0.2) is 43.5 Å². The Labute approximate surface area is 282 Å². The second-order valence-corrected chi connectivity index (χ2v) is 14.5. The van der Waals surface area contributed by atoms with Crippen LogP contribution in [0, 0.1) is 0 Å². The van der Waals surface area contributed by atoms with E-state index < -0.39 is 34.4 Å². The van der Waals surface area contributed by atoms with Crippen molar-refractivity contribution in [2.24, 2.45) is 5.73 Å².